The van der Waals surface area contributed by atoms with Gasteiger partial charge in [-0.05, 0) is 18.2 Å². The minimum atomic E-state index is -1.69. The Kier molecular flexibility index (Phi) is 2.22. The Bertz CT molecular complexity index is 516. The highest BCUT2D eigenvalue weighted by molar-refractivity contribution is 6.57. The average molecular weight is 206 g/mol. The quantitative estimate of drug-likeness (QED) is 0.592. The van der Waals surface area contributed by atoms with Crippen LogP contribution in [-0.4, -0.2) is 28.2 Å². The molecule has 0 amide bonds. The van der Waals surface area contributed by atoms with Crippen LogP contribution in [0, 0.1) is 0 Å². The molecule has 0 fully saturated rings. The van der Waals surface area contributed by atoms with Crippen molar-refractivity contribution in [3.63, 3.8) is 0 Å². The van der Waals surface area contributed by atoms with Crippen LogP contribution in [0.1, 0.15) is 10.4 Å². The number of fused-ring (bicyclic) bond motifs is 1. The standard InChI is InChI=1S/C9H7BO5/c11-9(12)6-2-1-5-4-8(10(13)14)15-7(5)3-6/h1-4,13-14H,(H,11,12). The Balaban J connectivity index is 2.57. The maximum absolute atomic E-state index is 10.6. The summed E-state index contributed by atoms with van der Waals surface area (Å²) in [6.45, 7) is 0. The van der Waals surface area contributed by atoms with Crippen LogP contribution in [0.4, 0.5) is 0 Å². The van der Waals surface area contributed by atoms with Crippen molar-refractivity contribution >= 4 is 29.7 Å². The molecule has 0 aliphatic heterocycles. The van der Waals surface area contributed by atoms with E-state index >= 15 is 0 Å². The smallest absolute Gasteiger partial charge is 0.478 e. The Hall–Kier alpha value is -1.79. The predicted octanol–water partition coefficient (Wildman–Crippen LogP) is -0.189. The van der Waals surface area contributed by atoms with Crippen LogP contribution >= 0.6 is 0 Å². The van der Waals surface area contributed by atoms with E-state index in [1.807, 2.05) is 0 Å². The minimum Gasteiger partial charge on any atom is -0.478 e. The maximum Gasteiger partial charge on any atom is 0.526 e. The molecule has 0 aliphatic rings. The zero-order valence-corrected chi connectivity index (χ0v) is 7.54. The van der Waals surface area contributed by atoms with Gasteiger partial charge in [-0.25, -0.2) is 4.79 Å². The molecule has 0 saturated carbocycles. The third kappa shape index (κ3) is 1.72. The number of benzene rings is 1. The summed E-state index contributed by atoms with van der Waals surface area (Å²) < 4.78 is 5.06. The van der Waals surface area contributed by atoms with E-state index < -0.39 is 13.1 Å². The number of hydrogen-bond donors (Lipinski definition) is 3. The van der Waals surface area contributed by atoms with E-state index in [4.69, 9.17) is 19.6 Å². The predicted molar refractivity (Wildman–Crippen MR) is 53.0 cm³/mol. The number of carboxylic acids is 1. The molecule has 0 radical (unpaired) electrons. The fraction of sp³-hybridized carbons (Fsp3) is 0. The van der Waals surface area contributed by atoms with Gasteiger partial charge in [0.2, 0.25) is 0 Å². The van der Waals surface area contributed by atoms with Crippen LogP contribution in [0.2, 0.25) is 0 Å². The third-order valence-corrected chi connectivity index (χ3v) is 2.04. The lowest BCUT2D eigenvalue weighted by atomic mass is 9.88. The topological polar surface area (TPSA) is 90.9 Å². The molecule has 0 spiro atoms. The summed E-state index contributed by atoms with van der Waals surface area (Å²) in [6.07, 6.45) is 0. The summed E-state index contributed by atoms with van der Waals surface area (Å²) in [5, 5.41) is 27.0. The van der Waals surface area contributed by atoms with Crippen molar-refractivity contribution in [3.05, 3.63) is 29.8 Å². The SMILES string of the molecule is O=C(O)c1ccc2cc(B(O)O)oc2c1. The second-order valence-electron chi connectivity index (χ2n) is 3.08. The van der Waals surface area contributed by atoms with Crippen molar-refractivity contribution in [2.45, 2.75) is 0 Å². The highest BCUT2D eigenvalue weighted by atomic mass is 16.4. The Labute approximate surface area is 84.7 Å². The summed E-state index contributed by atoms with van der Waals surface area (Å²) in [5.74, 6) is -1.06. The van der Waals surface area contributed by atoms with Crippen molar-refractivity contribution in [2.75, 3.05) is 0 Å². The van der Waals surface area contributed by atoms with Crippen molar-refractivity contribution in [2.24, 2.45) is 0 Å². The van der Waals surface area contributed by atoms with E-state index in [-0.39, 0.29) is 11.2 Å². The zero-order valence-electron chi connectivity index (χ0n) is 7.54. The van der Waals surface area contributed by atoms with E-state index in [0.29, 0.717) is 11.0 Å². The van der Waals surface area contributed by atoms with Crippen LogP contribution in [0.5, 0.6) is 0 Å². The van der Waals surface area contributed by atoms with Crippen LogP contribution in [0.25, 0.3) is 11.0 Å². The van der Waals surface area contributed by atoms with Crippen molar-refractivity contribution in [1.82, 2.24) is 0 Å². The van der Waals surface area contributed by atoms with E-state index in [1.54, 1.807) is 6.07 Å². The molecule has 2 aromatic rings. The number of carboxylic acid groups (broad SMARTS) is 1. The molecule has 1 heterocycles. The molecule has 1 aromatic carbocycles. The largest absolute Gasteiger partial charge is 0.526 e. The number of carbonyl (C=O) groups is 1. The van der Waals surface area contributed by atoms with Gasteiger partial charge in [0.05, 0.1) is 5.56 Å². The summed E-state index contributed by atoms with van der Waals surface area (Å²) >= 11 is 0. The molecule has 0 bridgehead atoms. The second-order valence-corrected chi connectivity index (χ2v) is 3.08. The number of furan rings is 1. The van der Waals surface area contributed by atoms with Crippen molar-refractivity contribution < 1.29 is 24.4 Å². The van der Waals surface area contributed by atoms with Crippen molar-refractivity contribution in [3.8, 4) is 0 Å². The summed E-state index contributed by atoms with van der Waals surface area (Å²) in [7, 11) is -1.69. The normalized spacial score (nSPS) is 10.5. The van der Waals surface area contributed by atoms with Gasteiger partial charge in [0.1, 0.15) is 11.2 Å². The van der Waals surface area contributed by atoms with Gasteiger partial charge in [0.25, 0.3) is 0 Å². The molecule has 5 nitrogen and oxygen atoms in total. The zero-order chi connectivity index (χ0) is 11.0. The van der Waals surface area contributed by atoms with Gasteiger partial charge in [-0.3, -0.25) is 0 Å². The molecule has 2 rings (SSSR count). The van der Waals surface area contributed by atoms with Crippen molar-refractivity contribution in [1.29, 1.82) is 0 Å². The van der Waals surface area contributed by atoms with Gasteiger partial charge in [0.15, 0.2) is 0 Å². The molecule has 0 aliphatic carbocycles. The van der Waals surface area contributed by atoms with E-state index in [9.17, 15) is 4.79 Å². The first kappa shape index (κ1) is 9.76. The fourth-order valence-corrected chi connectivity index (χ4v) is 1.31. The van der Waals surface area contributed by atoms with E-state index in [0.717, 1.165) is 0 Å². The molecule has 0 atom stereocenters. The minimum absolute atomic E-state index is 0.00691. The van der Waals surface area contributed by atoms with Crippen LogP contribution < -0.4 is 5.66 Å². The monoisotopic (exact) mass is 206 g/mol. The molecule has 76 valence electrons. The Morgan fingerprint density at radius 2 is 2.00 bits per heavy atom. The third-order valence-electron chi connectivity index (χ3n) is 2.04. The summed E-state index contributed by atoms with van der Waals surface area (Å²) in [6, 6.07) is 5.76. The van der Waals surface area contributed by atoms with Gasteiger partial charge in [-0.15, -0.1) is 0 Å². The molecule has 6 heteroatoms. The lowest BCUT2D eigenvalue weighted by Crippen LogP contribution is -2.27. The van der Waals surface area contributed by atoms with Gasteiger partial charge < -0.3 is 19.6 Å². The Morgan fingerprint density at radius 1 is 1.27 bits per heavy atom. The molecule has 1 aromatic heterocycles. The molecule has 0 unspecified atom stereocenters. The average Bonchev–Trinajstić information content (AvgIpc) is 2.59. The van der Waals surface area contributed by atoms with Gasteiger partial charge in [-0.2, -0.15) is 0 Å². The van der Waals surface area contributed by atoms with Gasteiger partial charge in [-0.1, -0.05) is 6.07 Å². The maximum atomic E-state index is 10.6. The summed E-state index contributed by atoms with van der Waals surface area (Å²) in [4.78, 5) is 10.6. The van der Waals surface area contributed by atoms with Crippen LogP contribution in [0.3, 0.4) is 0 Å². The number of hydrogen-bond acceptors (Lipinski definition) is 4. The molecular formula is C9H7BO5. The lowest BCUT2D eigenvalue weighted by Gasteiger charge is -1.92. The van der Waals surface area contributed by atoms with E-state index in [1.165, 1.54) is 18.2 Å². The first-order valence-electron chi connectivity index (χ1n) is 4.21. The molecular weight excluding hydrogens is 199 g/mol. The fourth-order valence-electron chi connectivity index (χ4n) is 1.31. The van der Waals surface area contributed by atoms with Crippen LogP contribution in [-0.2, 0) is 0 Å². The van der Waals surface area contributed by atoms with E-state index in [2.05, 4.69) is 0 Å². The highest BCUT2D eigenvalue weighted by Gasteiger charge is 2.17. The number of aromatic carboxylic acids is 1. The molecule has 3 N–H and O–H groups in total. The first-order chi connectivity index (χ1) is 7.08. The Morgan fingerprint density at radius 3 is 2.60 bits per heavy atom. The summed E-state index contributed by atoms with van der Waals surface area (Å²) in [5.41, 5.74) is 0.404. The highest BCUT2D eigenvalue weighted by Crippen LogP contribution is 2.16. The second kappa shape index (κ2) is 3.41. The lowest BCUT2D eigenvalue weighted by molar-refractivity contribution is 0.0697. The molecule has 0 saturated heterocycles. The van der Waals surface area contributed by atoms with Gasteiger partial charge in [0, 0.05) is 5.39 Å². The van der Waals surface area contributed by atoms with Gasteiger partial charge >= 0.3 is 13.1 Å². The molecule has 15 heavy (non-hydrogen) atoms. The number of rotatable bonds is 2. The first-order valence-corrected chi connectivity index (χ1v) is 4.21. The van der Waals surface area contributed by atoms with Crippen LogP contribution in [0.15, 0.2) is 28.7 Å².